The van der Waals surface area contributed by atoms with Gasteiger partial charge in [0.25, 0.3) is 0 Å². The van der Waals surface area contributed by atoms with Crippen LogP contribution in [0.2, 0.25) is 0 Å². The Labute approximate surface area is 109 Å². The quantitative estimate of drug-likeness (QED) is 0.537. The summed E-state index contributed by atoms with van der Waals surface area (Å²) in [5.74, 6) is 0.847. The van der Waals surface area contributed by atoms with Gasteiger partial charge in [-0.2, -0.15) is 0 Å². The van der Waals surface area contributed by atoms with Crippen LogP contribution in [-0.4, -0.2) is 13.4 Å². The summed E-state index contributed by atoms with van der Waals surface area (Å²) in [6.07, 6.45) is 8.30. The van der Waals surface area contributed by atoms with Crippen molar-refractivity contribution in [2.24, 2.45) is 5.41 Å². The van der Waals surface area contributed by atoms with Gasteiger partial charge in [-0.15, -0.1) is 6.58 Å². The predicted octanol–water partition coefficient (Wildman–Crippen LogP) is 3.88. The first-order valence-corrected chi connectivity index (χ1v) is 6.04. The van der Waals surface area contributed by atoms with Crippen LogP contribution in [0.3, 0.4) is 0 Å². The first-order chi connectivity index (χ1) is 8.63. The van der Waals surface area contributed by atoms with Crippen molar-refractivity contribution in [3.05, 3.63) is 48.6 Å². The van der Waals surface area contributed by atoms with Crippen molar-refractivity contribution in [1.29, 1.82) is 0 Å². The standard InChI is InChI=1S/C16H20O2/c1-4-16(2,11-5-13-17)12-10-14-6-8-15(18-3)9-7-14/h4,6-10,12-13H,1,5,11H2,2-3H3/b12-10+. The Kier molecular flexibility index (Phi) is 5.37. The minimum absolute atomic E-state index is 0.138. The summed E-state index contributed by atoms with van der Waals surface area (Å²) in [7, 11) is 1.65. The average Bonchev–Trinajstić information content (AvgIpc) is 2.43. The molecular weight excluding hydrogens is 224 g/mol. The third-order valence-electron chi connectivity index (χ3n) is 3.04. The summed E-state index contributed by atoms with van der Waals surface area (Å²) in [5.41, 5.74) is 0.968. The number of ether oxygens (including phenoxy) is 1. The molecule has 2 heteroatoms. The van der Waals surface area contributed by atoms with Crippen molar-refractivity contribution >= 4 is 12.4 Å². The lowest BCUT2D eigenvalue weighted by atomic mass is 9.85. The highest BCUT2D eigenvalue weighted by molar-refractivity contribution is 5.53. The van der Waals surface area contributed by atoms with E-state index in [0.717, 1.165) is 24.0 Å². The fourth-order valence-electron chi connectivity index (χ4n) is 1.62. The molecule has 0 spiro atoms. The molecule has 0 aromatic heterocycles. The molecule has 0 aliphatic rings. The maximum atomic E-state index is 10.4. The second kappa shape index (κ2) is 6.80. The van der Waals surface area contributed by atoms with Crippen LogP contribution in [0.4, 0.5) is 0 Å². The molecule has 0 saturated heterocycles. The molecule has 0 N–H and O–H groups in total. The number of allylic oxidation sites excluding steroid dienone is 2. The van der Waals surface area contributed by atoms with Crippen molar-refractivity contribution in [2.45, 2.75) is 19.8 Å². The van der Waals surface area contributed by atoms with Crippen LogP contribution in [0.15, 0.2) is 43.0 Å². The van der Waals surface area contributed by atoms with E-state index in [9.17, 15) is 4.79 Å². The lowest BCUT2D eigenvalue weighted by Crippen LogP contribution is -2.08. The van der Waals surface area contributed by atoms with Crippen LogP contribution in [-0.2, 0) is 4.79 Å². The first-order valence-electron chi connectivity index (χ1n) is 6.04. The summed E-state index contributed by atoms with van der Waals surface area (Å²) in [4.78, 5) is 10.4. The maximum absolute atomic E-state index is 10.4. The van der Waals surface area contributed by atoms with Gasteiger partial charge in [0.2, 0.25) is 0 Å². The number of rotatable bonds is 7. The van der Waals surface area contributed by atoms with E-state index in [-0.39, 0.29) is 5.41 Å². The van der Waals surface area contributed by atoms with Gasteiger partial charge in [-0.1, -0.05) is 37.3 Å². The van der Waals surface area contributed by atoms with E-state index in [0.29, 0.717) is 6.42 Å². The smallest absolute Gasteiger partial charge is 0.120 e. The number of carbonyl (C=O) groups excluding carboxylic acids is 1. The number of hydrogen-bond donors (Lipinski definition) is 0. The molecule has 2 nitrogen and oxygen atoms in total. The molecule has 18 heavy (non-hydrogen) atoms. The zero-order valence-corrected chi connectivity index (χ0v) is 11.1. The van der Waals surface area contributed by atoms with E-state index in [4.69, 9.17) is 4.74 Å². The molecule has 1 aromatic rings. The minimum Gasteiger partial charge on any atom is -0.497 e. The van der Waals surface area contributed by atoms with Gasteiger partial charge in [-0.05, 0) is 24.1 Å². The molecule has 1 atom stereocenters. The summed E-state index contributed by atoms with van der Waals surface area (Å²) < 4.78 is 5.11. The topological polar surface area (TPSA) is 26.3 Å². The summed E-state index contributed by atoms with van der Waals surface area (Å²) in [6, 6.07) is 7.85. The molecule has 1 unspecified atom stereocenters. The van der Waals surface area contributed by atoms with E-state index in [1.54, 1.807) is 7.11 Å². The van der Waals surface area contributed by atoms with Gasteiger partial charge in [0.15, 0.2) is 0 Å². The van der Waals surface area contributed by atoms with Gasteiger partial charge in [-0.3, -0.25) is 0 Å². The maximum Gasteiger partial charge on any atom is 0.120 e. The first kappa shape index (κ1) is 14.2. The number of aldehydes is 1. The van der Waals surface area contributed by atoms with Gasteiger partial charge in [0, 0.05) is 11.8 Å². The molecule has 1 rings (SSSR count). The highest BCUT2D eigenvalue weighted by Crippen LogP contribution is 2.27. The Balaban J connectivity index is 2.75. The highest BCUT2D eigenvalue weighted by Gasteiger charge is 2.15. The molecular formula is C16H20O2. The second-order valence-electron chi connectivity index (χ2n) is 4.52. The van der Waals surface area contributed by atoms with Crippen LogP contribution in [0.5, 0.6) is 5.75 Å². The monoisotopic (exact) mass is 244 g/mol. The molecule has 0 radical (unpaired) electrons. The van der Waals surface area contributed by atoms with Crippen LogP contribution in [0, 0.1) is 5.41 Å². The molecule has 0 amide bonds. The van der Waals surface area contributed by atoms with Gasteiger partial charge in [0.05, 0.1) is 7.11 Å². The average molecular weight is 244 g/mol. The Morgan fingerprint density at radius 2 is 2.00 bits per heavy atom. The van der Waals surface area contributed by atoms with Crippen molar-refractivity contribution in [1.82, 2.24) is 0 Å². The molecule has 0 saturated carbocycles. The molecule has 1 aromatic carbocycles. The largest absolute Gasteiger partial charge is 0.497 e. The number of carbonyl (C=O) groups is 1. The summed E-state index contributed by atoms with van der Waals surface area (Å²) >= 11 is 0. The van der Waals surface area contributed by atoms with Crippen LogP contribution < -0.4 is 4.74 Å². The van der Waals surface area contributed by atoms with E-state index in [1.165, 1.54) is 0 Å². The van der Waals surface area contributed by atoms with E-state index >= 15 is 0 Å². The lowest BCUT2D eigenvalue weighted by molar-refractivity contribution is -0.108. The van der Waals surface area contributed by atoms with Crippen molar-refractivity contribution in [3.63, 3.8) is 0 Å². The highest BCUT2D eigenvalue weighted by atomic mass is 16.5. The number of hydrogen-bond acceptors (Lipinski definition) is 2. The number of methoxy groups -OCH3 is 1. The van der Waals surface area contributed by atoms with Gasteiger partial charge >= 0.3 is 0 Å². The molecule has 0 bridgehead atoms. The van der Waals surface area contributed by atoms with Crippen LogP contribution in [0.25, 0.3) is 6.08 Å². The van der Waals surface area contributed by atoms with Crippen molar-refractivity contribution < 1.29 is 9.53 Å². The molecule has 0 fully saturated rings. The zero-order valence-electron chi connectivity index (χ0n) is 11.1. The number of benzene rings is 1. The predicted molar refractivity (Wildman–Crippen MR) is 75.6 cm³/mol. The zero-order chi connectivity index (χ0) is 13.4. The summed E-state index contributed by atoms with van der Waals surface area (Å²) in [5, 5.41) is 0. The normalized spacial score (nSPS) is 14.1. The van der Waals surface area contributed by atoms with Crippen molar-refractivity contribution in [3.8, 4) is 5.75 Å². The fourth-order valence-corrected chi connectivity index (χ4v) is 1.62. The van der Waals surface area contributed by atoms with Crippen molar-refractivity contribution in [2.75, 3.05) is 7.11 Å². The SMILES string of the molecule is C=CC(C)(/C=C/c1ccc(OC)cc1)CCC=O. The molecule has 96 valence electrons. The molecule has 0 heterocycles. The molecule has 0 aliphatic carbocycles. The minimum atomic E-state index is -0.138. The van der Waals surface area contributed by atoms with Crippen LogP contribution in [0.1, 0.15) is 25.3 Å². The van der Waals surface area contributed by atoms with Gasteiger partial charge < -0.3 is 9.53 Å². The Hall–Kier alpha value is -1.83. The Bertz CT molecular complexity index is 417. The molecule has 0 aliphatic heterocycles. The van der Waals surface area contributed by atoms with E-state index < -0.39 is 0 Å². The Morgan fingerprint density at radius 3 is 2.50 bits per heavy atom. The van der Waals surface area contributed by atoms with Crippen LogP contribution >= 0.6 is 0 Å². The summed E-state index contributed by atoms with van der Waals surface area (Å²) in [6.45, 7) is 5.91. The second-order valence-corrected chi connectivity index (χ2v) is 4.52. The van der Waals surface area contributed by atoms with Gasteiger partial charge in [-0.25, -0.2) is 0 Å². The third-order valence-corrected chi connectivity index (χ3v) is 3.04. The third kappa shape index (κ3) is 4.21. The van der Waals surface area contributed by atoms with Gasteiger partial charge in [0.1, 0.15) is 12.0 Å². The Morgan fingerprint density at radius 1 is 1.33 bits per heavy atom. The van der Waals surface area contributed by atoms with E-state index in [2.05, 4.69) is 19.6 Å². The van der Waals surface area contributed by atoms with E-state index in [1.807, 2.05) is 36.4 Å². The fraction of sp³-hybridized carbons (Fsp3) is 0.312. The lowest BCUT2D eigenvalue weighted by Gasteiger charge is -2.19.